The summed E-state index contributed by atoms with van der Waals surface area (Å²) < 4.78 is 6.21. The molecule has 4 rings (SSSR count). The molecule has 2 aliphatic heterocycles. The fourth-order valence-corrected chi connectivity index (χ4v) is 7.68. The number of alkyl halides is 1. The Balaban J connectivity index is 0.000000289. The molecule has 256 valence electrons. The number of carbonyl (C=O) groups excluding carboxylic acids is 1. The third kappa shape index (κ3) is 14.2. The van der Waals surface area contributed by atoms with E-state index in [-0.39, 0.29) is 17.6 Å². The highest BCUT2D eigenvalue weighted by Gasteiger charge is 2.33. The molecular weight excluding hydrogens is 586 g/mol. The number of hydrogen-bond donors (Lipinski definition) is 2. The van der Waals surface area contributed by atoms with Gasteiger partial charge in [-0.3, -0.25) is 9.69 Å². The van der Waals surface area contributed by atoms with Crippen LogP contribution in [0.15, 0.2) is 36.0 Å². The minimum Gasteiger partial charge on any atom is -0.465 e. The Bertz CT molecular complexity index is 972. The van der Waals surface area contributed by atoms with E-state index in [1.807, 2.05) is 13.0 Å². The molecule has 2 saturated carbocycles. The fraction of sp³-hybridized carbons (Fsp3) is 0.784. The van der Waals surface area contributed by atoms with Crippen molar-refractivity contribution in [2.45, 2.75) is 141 Å². The number of amides is 2. The summed E-state index contributed by atoms with van der Waals surface area (Å²) in [5, 5.41) is 12.0. The SMILES string of the molecule is CC/C=C\C(=O)NC1CCC(C/C=C(C)/C=C/[C@@H]2CC(CCl)CC(C)(C)O2)CC1.O=C(O)N1CCN(C2CCCCCC2)CC1. The van der Waals surface area contributed by atoms with Crippen molar-refractivity contribution < 1.29 is 19.4 Å². The first-order valence-electron chi connectivity index (χ1n) is 17.9. The Morgan fingerprint density at radius 3 is 2.22 bits per heavy atom. The van der Waals surface area contributed by atoms with E-state index in [2.05, 4.69) is 49.2 Å². The summed E-state index contributed by atoms with van der Waals surface area (Å²) in [6.07, 6.45) is 26.5. The Morgan fingerprint density at radius 2 is 1.62 bits per heavy atom. The maximum atomic E-state index is 11.8. The highest BCUT2D eigenvalue weighted by Crippen LogP contribution is 2.34. The van der Waals surface area contributed by atoms with Gasteiger partial charge >= 0.3 is 6.09 Å². The Kier molecular flexibility index (Phi) is 16.5. The van der Waals surface area contributed by atoms with E-state index in [0.29, 0.717) is 30.9 Å². The number of piperazine rings is 1. The molecule has 45 heavy (non-hydrogen) atoms. The number of nitrogens with zero attached hydrogens (tertiary/aromatic N) is 2. The van der Waals surface area contributed by atoms with Crippen molar-refractivity contribution in [2.24, 2.45) is 11.8 Å². The van der Waals surface area contributed by atoms with Crippen molar-refractivity contribution in [3.8, 4) is 0 Å². The Morgan fingerprint density at radius 1 is 0.956 bits per heavy atom. The van der Waals surface area contributed by atoms with Gasteiger partial charge in [0.15, 0.2) is 0 Å². The summed E-state index contributed by atoms with van der Waals surface area (Å²) in [7, 11) is 0. The van der Waals surface area contributed by atoms with Crippen molar-refractivity contribution in [3.05, 3.63) is 36.0 Å². The number of carbonyl (C=O) groups is 2. The lowest BCUT2D eigenvalue weighted by Crippen LogP contribution is -2.51. The first kappa shape index (κ1) is 37.6. The van der Waals surface area contributed by atoms with Crippen LogP contribution in [-0.4, -0.2) is 82.8 Å². The van der Waals surface area contributed by atoms with Gasteiger partial charge in [-0.2, -0.15) is 0 Å². The van der Waals surface area contributed by atoms with Gasteiger partial charge in [0.2, 0.25) is 5.91 Å². The number of rotatable bonds is 9. The van der Waals surface area contributed by atoms with Gasteiger partial charge < -0.3 is 20.1 Å². The molecule has 4 fully saturated rings. The van der Waals surface area contributed by atoms with Gasteiger partial charge in [0.25, 0.3) is 0 Å². The van der Waals surface area contributed by atoms with Crippen LogP contribution in [0.25, 0.3) is 0 Å². The van der Waals surface area contributed by atoms with Crippen molar-refractivity contribution >= 4 is 23.6 Å². The average Bonchev–Trinajstić information content (AvgIpc) is 3.32. The van der Waals surface area contributed by atoms with Gasteiger partial charge in [-0.25, -0.2) is 4.79 Å². The van der Waals surface area contributed by atoms with Crippen LogP contribution in [0, 0.1) is 11.8 Å². The van der Waals surface area contributed by atoms with Crippen molar-refractivity contribution in [3.63, 3.8) is 0 Å². The standard InChI is InChI=1S/C25H40ClNO2.C12H22N2O2/c1-5-6-7-24(28)27-22-13-11-20(12-14-22)10-8-19(2)9-15-23-16-21(18-26)17-25(3,4)29-23;15-12(16)14-9-7-13(8-10-14)11-5-3-1-2-4-6-11/h6-9,15,20-23H,5,10-14,16-18H2,1-4H3,(H,27,28);11H,1-10H2,(H,15,16)/b7-6-,15-9+,19-8+;/t20?,21?,22?,23-;/m1./s1. The number of halogens is 1. The Hall–Kier alpha value is -1.83. The van der Waals surface area contributed by atoms with Gasteiger partial charge in [-0.05, 0) is 103 Å². The number of nitrogens with one attached hydrogen (secondary N) is 1. The predicted molar refractivity (Wildman–Crippen MR) is 186 cm³/mol. The second kappa shape index (κ2) is 19.7. The van der Waals surface area contributed by atoms with Crippen molar-refractivity contribution in [1.82, 2.24) is 15.1 Å². The summed E-state index contributed by atoms with van der Waals surface area (Å²) in [5.74, 6) is 2.03. The van der Waals surface area contributed by atoms with Crippen LogP contribution in [-0.2, 0) is 9.53 Å². The second-order valence-corrected chi connectivity index (χ2v) is 14.7. The molecule has 0 aromatic carbocycles. The molecule has 0 spiro atoms. The molecule has 1 unspecified atom stereocenters. The molecule has 0 aromatic heterocycles. The van der Waals surface area contributed by atoms with Gasteiger partial charge in [0, 0.05) is 44.1 Å². The van der Waals surface area contributed by atoms with E-state index in [0.717, 1.165) is 63.6 Å². The zero-order chi connectivity index (χ0) is 32.7. The third-order valence-corrected chi connectivity index (χ3v) is 10.4. The number of hydrogen-bond acceptors (Lipinski definition) is 4. The van der Waals surface area contributed by atoms with E-state index >= 15 is 0 Å². The van der Waals surface area contributed by atoms with Gasteiger partial charge in [-0.1, -0.05) is 62.5 Å². The summed E-state index contributed by atoms with van der Waals surface area (Å²) in [5.41, 5.74) is 1.21. The molecule has 0 radical (unpaired) electrons. The van der Waals surface area contributed by atoms with Crippen LogP contribution in [0.3, 0.4) is 0 Å². The minimum absolute atomic E-state index is 0.0562. The molecular formula is C37H62ClN3O4. The van der Waals surface area contributed by atoms with Crippen LogP contribution in [0.2, 0.25) is 0 Å². The highest BCUT2D eigenvalue weighted by atomic mass is 35.5. The molecule has 2 saturated heterocycles. The molecule has 2 amide bonds. The molecule has 2 atom stereocenters. The number of ether oxygens (including phenoxy) is 1. The lowest BCUT2D eigenvalue weighted by atomic mass is 9.83. The summed E-state index contributed by atoms with van der Waals surface area (Å²) in [4.78, 5) is 26.7. The molecule has 2 N–H and O–H groups in total. The quantitative estimate of drug-likeness (QED) is 0.114. The van der Waals surface area contributed by atoms with Gasteiger partial charge in [0.1, 0.15) is 0 Å². The monoisotopic (exact) mass is 647 g/mol. The maximum absolute atomic E-state index is 11.8. The van der Waals surface area contributed by atoms with Crippen molar-refractivity contribution in [1.29, 1.82) is 0 Å². The fourth-order valence-electron chi connectivity index (χ4n) is 7.45. The summed E-state index contributed by atoms with van der Waals surface area (Å²) >= 11 is 6.11. The van der Waals surface area contributed by atoms with Gasteiger partial charge in [0.05, 0.1) is 11.7 Å². The highest BCUT2D eigenvalue weighted by molar-refractivity contribution is 6.18. The van der Waals surface area contributed by atoms with E-state index < -0.39 is 6.09 Å². The third-order valence-electron chi connectivity index (χ3n) is 10.0. The Labute approximate surface area is 278 Å². The molecule has 2 aliphatic carbocycles. The number of allylic oxidation sites excluding steroid dienone is 4. The molecule has 0 bridgehead atoms. The average molecular weight is 648 g/mol. The summed E-state index contributed by atoms with van der Waals surface area (Å²) in [6, 6.07) is 1.06. The molecule has 8 heteroatoms. The van der Waals surface area contributed by atoms with E-state index in [9.17, 15) is 9.59 Å². The van der Waals surface area contributed by atoms with Crippen LogP contribution in [0.1, 0.15) is 118 Å². The zero-order valence-electron chi connectivity index (χ0n) is 28.7. The van der Waals surface area contributed by atoms with E-state index in [4.69, 9.17) is 21.4 Å². The topological polar surface area (TPSA) is 82.1 Å². The number of carboxylic acid groups (broad SMARTS) is 1. The first-order chi connectivity index (χ1) is 21.6. The first-order valence-corrected chi connectivity index (χ1v) is 18.4. The van der Waals surface area contributed by atoms with Crippen LogP contribution in [0.4, 0.5) is 4.79 Å². The molecule has 0 aromatic rings. The van der Waals surface area contributed by atoms with E-state index in [1.54, 1.807) is 6.08 Å². The molecule has 2 heterocycles. The lowest BCUT2D eigenvalue weighted by Gasteiger charge is -2.39. The van der Waals surface area contributed by atoms with Crippen molar-refractivity contribution in [2.75, 3.05) is 32.1 Å². The normalized spacial score (nSPS) is 28.8. The smallest absolute Gasteiger partial charge is 0.407 e. The maximum Gasteiger partial charge on any atom is 0.407 e. The van der Waals surface area contributed by atoms with E-state index in [1.165, 1.54) is 61.8 Å². The molecule has 7 nitrogen and oxygen atoms in total. The lowest BCUT2D eigenvalue weighted by molar-refractivity contribution is -0.117. The summed E-state index contributed by atoms with van der Waals surface area (Å²) in [6.45, 7) is 11.8. The molecule has 4 aliphatic rings. The predicted octanol–water partition coefficient (Wildman–Crippen LogP) is 8.34. The van der Waals surface area contributed by atoms with Crippen LogP contribution in [0.5, 0.6) is 0 Å². The van der Waals surface area contributed by atoms with Crippen LogP contribution < -0.4 is 5.32 Å². The van der Waals surface area contributed by atoms with Crippen LogP contribution >= 0.6 is 11.6 Å². The second-order valence-electron chi connectivity index (χ2n) is 14.4. The van der Waals surface area contributed by atoms with Gasteiger partial charge in [-0.15, -0.1) is 11.6 Å². The minimum atomic E-state index is -0.763. The largest absolute Gasteiger partial charge is 0.465 e. The zero-order valence-corrected chi connectivity index (χ0v) is 29.4.